The topological polar surface area (TPSA) is 142 Å². The number of thioether (sulfide) groups is 1. The van der Waals surface area contributed by atoms with Crippen molar-refractivity contribution < 1.29 is 42.9 Å². The number of nitrogens with one attached hydrogen (secondary N) is 1. The Labute approximate surface area is 278 Å². The van der Waals surface area contributed by atoms with Crippen molar-refractivity contribution in [3.63, 3.8) is 0 Å². The van der Waals surface area contributed by atoms with E-state index in [1.54, 1.807) is 24.3 Å². The van der Waals surface area contributed by atoms with Crippen LogP contribution in [0.5, 0.6) is 5.75 Å². The van der Waals surface area contributed by atoms with Gasteiger partial charge in [-0.3, -0.25) is 19.4 Å². The van der Waals surface area contributed by atoms with Crippen LogP contribution >= 0.6 is 24.0 Å². The summed E-state index contributed by atoms with van der Waals surface area (Å²) in [6, 6.07) is 11.5. The maximum Gasteiger partial charge on any atom is 0.354 e. The fourth-order valence-corrected chi connectivity index (χ4v) is 6.09. The lowest BCUT2D eigenvalue weighted by Crippen LogP contribution is -2.44. The molecule has 0 radical (unpaired) electrons. The number of pyridine rings is 1. The third kappa shape index (κ3) is 8.75. The Bertz CT molecular complexity index is 1720. The minimum atomic E-state index is -1.63. The van der Waals surface area contributed by atoms with Gasteiger partial charge in [0.15, 0.2) is 17.7 Å². The molecule has 2 aromatic carbocycles. The maximum atomic E-state index is 14.0. The predicted molar refractivity (Wildman–Crippen MR) is 173 cm³/mol. The number of aromatic nitrogens is 1. The van der Waals surface area contributed by atoms with Gasteiger partial charge in [-0.2, -0.15) is 0 Å². The van der Waals surface area contributed by atoms with Crippen LogP contribution in [0.15, 0.2) is 59.6 Å². The first-order valence-electron chi connectivity index (χ1n) is 14.5. The van der Waals surface area contributed by atoms with Crippen molar-refractivity contribution in [2.24, 2.45) is 0 Å². The molecule has 11 nitrogen and oxygen atoms in total. The minimum absolute atomic E-state index is 0.0698. The SMILES string of the molecule is O=C(O)c1cc(CNC(=O)C(O)CN2C(=O)/C(=C/c3cc(-c4ccc(F)c(F)c4)ccc3OCCN3CCOCC3)SC2=S)ccn1. The van der Waals surface area contributed by atoms with E-state index in [4.69, 9.17) is 26.8 Å². The van der Waals surface area contributed by atoms with Crippen molar-refractivity contribution >= 4 is 52.2 Å². The minimum Gasteiger partial charge on any atom is -0.492 e. The van der Waals surface area contributed by atoms with Gasteiger partial charge in [0.1, 0.15) is 22.4 Å². The predicted octanol–water partition coefficient (Wildman–Crippen LogP) is 3.31. The number of rotatable bonds is 12. The fourth-order valence-electron chi connectivity index (χ4n) is 4.82. The van der Waals surface area contributed by atoms with E-state index in [0.717, 1.165) is 41.9 Å². The lowest BCUT2D eigenvalue weighted by atomic mass is 10.0. The van der Waals surface area contributed by atoms with Gasteiger partial charge in [0.25, 0.3) is 11.8 Å². The van der Waals surface area contributed by atoms with Crippen LogP contribution in [0.4, 0.5) is 8.78 Å². The van der Waals surface area contributed by atoms with Crippen LogP contribution in [0.1, 0.15) is 21.6 Å². The average molecular weight is 685 g/mol. The summed E-state index contributed by atoms with van der Waals surface area (Å²) in [5, 5.41) is 22.2. The highest BCUT2D eigenvalue weighted by Crippen LogP contribution is 2.36. The number of morpholine rings is 1. The molecule has 0 saturated carbocycles. The van der Waals surface area contributed by atoms with Crippen LogP contribution in [-0.2, 0) is 20.9 Å². The molecule has 3 heterocycles. The molecule has 15 heteroatoms. The van der Waals surface area contributed by atoms with Gasteiger partial charge in [-0.25, -0.2) is 18.6 Å². The molecule has 0 bridgehead atoms. The van der Waals surface area contributed by atoms with E-state index in [2.05, 4.69) is 15.2 Å². The van der Waals surface area contributed by atoms with Gasteiger partial charge in [-0.1, -0.05) is 36.1 Å². The Morgan fingerprint density at radius 1 is 1.11 bits per heavy atom. The van der Waals surface area contributed by atoms with Gasteiger partial charge >= 0.3 is 5.97 Å². The third-order valence-electron chi connectivity index (χ3n) is 7.36. The summed E-state index contributed by atoms with van der Waals surface area (Å²) in [5.74, 6) is -4.05. The normalized spacial score (nSPS) is 16.8. The standard InChI is InChI=1S/C32H30F2N4O7S2/c33-23-3-1-21(15-24(23)34)20-2-4-27(45-12-9-37-7-10-44-11-8-37)22(14-20)16-28-30(41)38(32(46)47-28)18-26(39)29(40)36-17-19-5-6-35-25(13-19)31(42)43/h1-6,13-16,26,39H,7-12,17-18H2,(H,36,40)(H,42,43)/b28-16-. The number of aliphatic hydroxyl groups is 1. The van der Waals surface area contributed by atoms with Gasteiger partial charge < -0.3 is 25.0 Å². The molecule has 3 aromatic rings. The van der Waals surface area contributed by atoms with E-state index < -0.39 is 42.1 Å². The highest BCUT2D eigenvalue weighted by molar-refractivity contribution is 8.26. The van der Waals surface area contributed by atoms with E-state index in [0.29, 0.717) is 54.4 Å². The average Bonchev–Trinajstić information content (AvgIpc) is 3.33. The molecule has 1 aromatic heterocycles. The summed E-state index contributed by atoms with van der Waals surface area (Å²) in [5.41, 5.74) is 1.74. The molecule has 3 N–H and O–H groups in total. The van der Waals surface area contributed by atoms with Gasteiger partial charge in [-0.05, 0) is 59.2 Å². The number of thiocarbonyl (C=S) groups is 1. The zero-order valence-corrected chi connectivity index (χ0v) is 26.5. The highest BCUT2D eigenvalue weighted by Gasteiger charge is 2.35. The first-order chi connectivity index (χ1) is 22.6. The number of hydrogen-bond donors (Lipinski definition) is 3. The molecule has 2 saturated heterocycles. The molecule has 1 atom stereocenters. The molecule has 47 heavy (non-hydrogen) atoms. The van der Waals surface area contributed by atoms with Crippen molar-refractivity contribution in [3.8, 4) is 16.9 Å². The first kappa shape index (κ1) is 34.1. The van der Waals surface area contributed by atoms with Gasteiger partial charge in [-0.15, -0.1) is 0 Å². The number of aliphatic hydroxyl groups excluding tert-OH is 1. The zero-order valence-electron chi connectivity index (χ0n) is 24.9. The fraction of sp³-hybridized carbons (Fsp3) is 0.281. The molecule has 0 aliphatic carbocycles. The van der Waals surface area contributed by atoms with E-state index in [1.807, 2.05) is 0 Å². The molecule has 2 aliphatic rings. The molecule has 2 fully saturated rings. The number of hydrogen-bond acceptors (Lipinski definition) is 10. The maximum absolute atomic E-state index is 14.0. The summed E-state index contributed by atoms with van der Waals surface area (Å²) in [4.78, 5) is 44.4. The molecule has 2 amide bonds. The smallest absolute Gasteiger partial charge is 0.354 e. The van der Waals surface area contributed by atoms with Crippen LogP contribution in [0.3, 0.4) is 0 Å². The van der Waals surface area contributed by atoms with Gasteiger partial charge in [0.2, 0.25) is 0 Å². The summed E-state index contributed by atoms with van der Waals surface area (Å²) in [6.07, 6.45) is 1.23. The molecular formula is C32H30F2N4O7S2. The second-order valence-electron chi connectivity index (χ2n) is 10.6. The number of halogens is 2. The number of carbonyl (C=O) groups excluding carboxylic acids is 2. The van der Waals surface area contributed by atoms with E-state index in [9.17, 15) is 28.3 Å². The monoisotopic (exact) mass is 684 g/mol. The lowest BCUT2D eigenvalue weighted by Gasteiger charge is -2.26. The van der Waals surface area contributed by atoms with Crippen molar-refractivity contribution in [3.05, 3.63) is 88.1 Å². The number of benzene rings is 2. The summed E-state index contributed by atoms with van der Waals surface area (Å²) in [7, 11) is 0. The number of amides is 2. The Kier molecular flexibility index (Phi) is 11.3. The van der Waals surface area contributed by atoms with Crippen LogP contribution < -0.4 is 10.1 Å². The summed E-state index contributed by atoms with van der Waals surface area (Å²) >= 11 is 6.38. The van der Waals surface area contributed by atoms with Gasteiger partial charge in [0, 0.05) is 37.9 Å². The van der Waals surface area contributed by atoms with Crippen molar-refractivity contribution in [1.29, 1.82) is 0 Å². The summed E-state index contributed by atoms with van der Waals surface area (Å²) in [6.45, 7) is 3.37. The molecule has 246 valence electrons. The van der Waals surface area contributed by atoms with E-state index in [-0.39, 0.29) is 21.5 Å². The first-order valence-corrected chi connectivity index (χ1v) is 15.7. The third-order valence-corrected chi connectivity index (χ3v) is 8.74. The number of carboxylic acids is 1. The molecule has 0 spiro atoms. The second-order valence-corrected chi connectivity index (χ2v) is 12.2. The molecule has 2 aliphatic heterocycles. The Morgan fingerprint density at radius 2 is 1.85 bits per heavy atom. The van der Waals surface area contributed by atoms with Crippen LogP contribution in [0.25, 0.3) is 17.2 Å². The zero-order chi connectivity index (χ0) is 33.5. The van der Waals surface area contributed by atoms with Crippen molar-refractivity contribution in [2.75, 3.05) is 46.0 Å². The van der Waals surface area contributed by atoms with Crippen molar-refractivity contribution in [1.82, 2.24) is 20.1 Å². The number of β-amino-alcohol motifs (C(OH)–C–C–N with tert-alkyl or cyclic N) is 1. The Balaban J connectivity index is 1.30. The van der Waals surface area contributed by atoms with Crippen molar-refractivity contribution in [2.45, 2.75) is 12.6 Å². The lowest BCUT2D eigenvalue weighted by molar-refractivity contribution is -0.131. The number of nitrogens with zero attached hydrogens (tertiary/aromatic N) is 3. The van der Waals surface area contributed by atoms with E-state index >= 15 is 0 Å². The van der Waals surface area contributed by atoms with Crippen LogP contribution in [0, 0.1) is 11.6 Å². The number of ether oxygens (including phenoxy) is 2. The van der Waals surface area contributed by atoms with Crippen LogP contribution in [0.2, 0.25) is 0 Å². The quantitative estimate of drug-likeness (QED) is 0.191. The summed E-state index contributed by atoms with van der Waals surface area (Å²) < 4.78 is 39.2. The van der Waals surface area contributed by atoms with Gasteiger partial charge in [0.05, 0.1) is 24.7 Å². The number of carbonyl (C=O) groups is 3. The molecular weight excluding hydrogens is 655 g/mol. The van der Waals surface area contributed by atoms with Crippen LogP contribution in [-0.4, -0.2) is 99.2 Å². The Hall–Kier alpha value is -4.28. The van der Waals surface area contributed by atoms with E-state index in [1.165, 1.54) is 24.4 Å². The number of aromatic carboxylic acids is 1. The Morgan fingerprint density at radius 3 is 2.60 bits per heavy atom. The highest BCUT2D eigenvalue weighted by atomic mass is 32.2. The largest absolute Gasteiger partial charge is 0.492 e. The molecule has 1 unspecified atom stereocenters. The molecule has 5 rings (SSSR count). The second kappa shape index (κ2) is 15.5. The number of carboxylic acid groups (broad SMARTS) is 1.